The van der Waals surface area contributed by atoms with Gasteiger partial charge in [0, 0.05) is 15.6 Å². The van der Waals surface area contributed by atoms with Crippen LogP contribution >= 0.6 is 23.2 Å². The van der Waals surface area contributed by atoms with Crippen LogP contribution in [0.2, 0.25) is 10.0 Å². The molecule has 0 aliphatic carbocycles. The van der Waals surface area contributed by atoms with E-state index in [2.05, 4.69) is 5.32 Å². The maximum absolute atomic E-state index is 14.0. The molecule has 21 heavy (non-hydrogen) atoms. The molecular formula is C15H12Cl2F3N. The second-order valence-electron chi connectivity index (χ2n) is 4.42. The van der Waals surface area contributed by atoms with Crippen molar-refractivity contribution in [3.05, 3.63) is 69.0 Å². The SMILES string of the molecule is CCNC(c1ccc(Cl)cc1Cl)c1ccc(F)c(F)c1F. The smallest absolute Gasteiger partial charge is 0.194 e. The Morgan fingerprint density at radius 2 is 1.67 bits per heavy atom. The van der Waals surface area contributed by atoms with E-state index in [9.17, 15) is 13.2 Å². The van der Waals surface area contributed by atoms with Crippen LogP contribution in [0.4, 0.5) is 13.2 Å². The third kappa shape index (κ3) is 3.34. The van der Waals surface area contributed by atoms with Crippen molar-refractivity contribution in [2.24, 2.45) is 0 Å². The maximum atomic E-state index is 14.0. The molecular weight excluding hydrogens is 322 g/mol. The van der Waals surface area contributed by atoms with Crippen molar-refractivity contribution in [1.29, 1.82) is 0 Å². The standard InChI is InChI=1S/C15H12Cl2F3N/c1-2-21-15(9-4-3-8(16)7-11(9)17)10-5-6-12(18)14(20)13(10)19/h3-7,15,21H,2H2,1H3. The highest BCUT2D eigenvalue weighted by Gasteiger charge is 2.23. The Morgan fingerprint density at radius 1 is 1.00 bits per heavy atom. The minimum Gasteiger partial charge on any atom is -0.306 e. The second kappa shape index (κ2) is 6.69. The highest BCUT2D eigenvalue weighted by molar-refractivity contribution is 6.35. The van der Waals surface area contributed by atoms with Crippen molar-refractivity contribution >= 4 is 23.2 Å². The molecule has 1 N–H and O–H groups in total. The van der Waals surface area contributed by atoms with Crippen molar-refractivity contribution in [1.82, 2.24) is 5.32 Å². The van der Waals surface area contributed by atoms with Crippen molar-refractivity contribution in [2.45, 2.75) is 13.0 Å². The van der Waals surface area contributed by atoms with E-state index < -0.39 is 23.5 Å². The molecule has 0 heterocycles. The van der Waals surface area contributed by atoms with Crippen LogP contribution in [0.3, 0.4) is 0 Å². The number of hydrogen-bond acceptors (Lipinski definition) is 1. The topological polar surface area (TPSA) is 12.0 Å². The van der Waals surface area contributed by atoms with Crippen molar-refractivity contribution in [3.63, 3.8) is 0 Å². The lowest BCUT2D eigenvalue weighted by atomic mass is 9.97. The van der Waals surface area contributed by atoms with Crippen LogP contribution in [0.25, 0.3) is 0 Å². The molecule has 2 aromatic rings. The van der Waals surface area contributed by atoms with Gasteiger partial charge in [0.15, 0.2) is 17.5 Å². The van der Waals surface area contributed by atoms with E-state index in [4.69, 9.17) is 23.2 Å². The summed E-state index contributed by atoms with van der Waals surface area (Å²) in [5.74, 6) is -3.96. The van der Waals surface area contributed by atoms with E-state index in [1.165, 1.54) is 12.1 Å². The van der Waals surface area contributed by atoms with E-state index in [0.29, 0.717) is 22.2 Å². The summed E-state index contributed by atoms with van der Waals surface area (Å²) in [6, 6.07) is 6.13. The minimum absolute atomic E-state index is 0.0139. The van der Waals surface area contributed by atoms with Gasteiger partial charge in [-0.3, -0.25) is 0 Å². The molecule has 0 aromatic heterocycles. The number of rotatable bonds is 4. The number of nitrogens with one attached hydrogen (secondary N) is 1. The zero-order valence-electron chi connectivity index (χ0n) is 11.1. The van der Waals surface area contributed by atoms with E-state index in [0.717, 1.165) is 6.07 Å². The molecule has 1 atom stereocenters. The largest absolute Gasteiger partial charge is 0.306 e. The van der Waals surface area contributed by atoms with Crippen LogP contribution in [0.15, 0.2) is 30.3 Å². The fourth-order valence-electron chi connectivity index (χ4n) is 2.09. The van der Waals surface area contributed by atoms with Gasteiger partial charge in [-0.15, -0.1) is 0 Å². The van der Waals surface area contributed by atoms with Gasteiger partial charge in [-0.25, -0.2) is 13.2 Å². The molecule has 112 valence electrons. The molecule has 0 saturated carbocycles. The Balaban J connectivity index is 2.56. The van der Waals surface area contributed by atoms with Gasteiger partial charge in [0.25, 0.3) is 0 Å². The predicted molar refractivity (Wildman–Crippen MR) is 78.3 cm³/mol. The van der Waals surface area contributed by atoms with Gasteiger partial charge in [0.2, 0.25) is 0 Å². The molecule has 0 amide bonds. The molecule has 0 saturated heterocycles. The minimum atomic E-state index is -1.50. The third-order valence-electron chi connectivity index (χ3n) is 3.06. The summed E-state index contributed by atoms with van der Waals surface area (Å²) in [5.41, 5.74) is 0.521. The highest BCUT2D eigenvalue weighted by atomic mass is 35.5. The zero-order chi connectivity index (χ0) is 15.6. The summed E-state index contributed by atoms with van der Waals surface area (Å²) < 4.78 is 40.5. The first-order valence-electron chi connectivity index (χ1n) is 6.27. The van der Waals surface area contributed by atoms with Gasteiger partial charge in [-0.2, -0.15) is 0 Å². The molecule has 0 aliphatic rings. The predicted octanol–water partition coefficient (Wildman–Crippen LogP) is 5.11. The summed E-state index contributed by atoms with van der Waals surface area (Å²) >= 11 is 12.0. The maximum Gasteiger partial charge on any atom is 0.194 e. The average Bonchev–Trinajstić information content (AvgIpc) is 2.44. The lowest BCUT2D eigenvalue weighted by molar-refractivity contribution is 0.433. The zero-order valence-corrected chi connectivity index (χ0v) is 12.6. The van der Waals surface area contributed by atoms with Gasteiger partial charge < -0.3 is 5.32 Å². The normalized spacial score (nSPS) is 12.5. The molecule has 0 fully saturated rings. The molecule has 0 radical (unpaired) electrons. The fraction of sp³-hybridized carbons (Fsp3) is 0.200. The van der Waals surface area contributed by atoms with Crippen LogP contribution in [-0.4, -0.2) is 6.54 Å². The van der Waals surface area contributed by atoms with Crippen molar-refractivity contribution in [3.8, 4) is 0 Å². The van der Waals surface area contributed by atoms with Crippen molar-refractivity contribution in [2.75, 3.05) is 6.54 Å². The molecule has 2 rings (SSSR count). The number of halogens is 5. The molecule has 1 nitrogen and oxygen atoms in total. The van der Waals surface area contributed by atoms with Gasteiger partial charge >= 0.3 is 0 Å². The van der Waals surface area contributed by atoms with E-state index >= 15 is 0 Å². The van der Waals surface area contributed by atoms with Crippen LogP contribution in [-0.2, 0) is 0 Å². The van der Waals surface area contributed by atoms with Gasteiger partial charge in [0.1, 0.15) is 0 Å². The molecule has 6 heteroatoms. The van der Waals surface area contributed by atoms with Gasteiger partial charge in [-0.1, -0.05) is 42.3 Å². The van der Waals surface area contributed by atoms with Crippen LogP contribution < -0.4 is 5.32 Å². The van der Waals surface area contributed by atoms with Crippen LogP contribution in [0.5, 0.6) is 0 Å². The lowest BCUT2D eigenvalue weighted by Crippen LogP contribution is -2.24. The first kappa shape index (κ1) is 16.1. The summed E-state index contributed by atoms with van der Waals surface area (Å²) in [5, 5.41) is 3.76. The fourth-order valence-corrected chi connectivity index (χ4v) is 2.61. The number of benzene rings is 2. The van der Waals surface area contributed by atoms with Crippen molar-refractivity contribution < 1.29 is 13.2 Å². The Kier molecular flexibility index (Phi) is 5.14. The number of hydrogen-bond donors (Lipinski definition) is 1. The van der Waals surface area contributed by atoms with Crippen LogP contribution in [0, 0.1) is 17.5 Å². The molecule has 0 bridgehead atoms. The highest BCUT2D eigenvalue weighted by Crippen LogP contribution is 2.32. The monoisotopic (exact) mass is 333 g/mol. The molecule has 2 aromatic carbocycles. The summed E-state index contributed by atoms with van der Waals surface area (Å²) in [7, 11) is 0. The lowest BCUT2D eigenvalue weighted by Gasteiger charge is -2.21. The van der Waals surface area contributed by atoms with E-state index in [1.807, 2.05) is 6.92 Å². The Morgan fingerprint density at radius 3 is 2.29 bits per heavy atom. The Bertz CT molecular complexity index is 662. The quantitative estimate of drug-likeness (QED) is 0.766. The molecule has 0 spiro atoms. The van der Waals surface area contributed by atoms with Gasteiger partial charge in [0.05, 0.1) is 6.04 Å². The first-order chi connectivity index (χ1) is 9.95. The Labute approximate surface area is 130 Å². The van der Waals surface area contributed by atoms with E-state index in [1.54, 1.807) is 12.1 Å². The summed E-state index contributed by atoms with van der Waals surface area (Å²) in [6.45, 7) is 2.30. The van der Waals surface area contributed by atoms with E-state index in [-0.39, 0.29) is 5.56 Å². The molecule has 1 unspecified atom stereocenters. The first-order valence-corrected chi connectivity index (χ1v) is 7.03. The molecule has 0 aliphatic heterocycles. The summed E-state index contributed by atoms with van der Waals surface area (Å²) in [4.78, 5) is 0. The summed E-state index contributed by atoms with van der Waals surface area (Å²) in [6.07, 6.45) is 0. The Hall–Kier alpha value is -1.23. The second-order valence-corrected chi connectivity index (χ2v) is 5.26. The van der Waals surface area contributed by atoms with Crippen LogP contribution in [0.1, 0.15) is 24.1 Å². The average molecular weight is 334 g/mol. The third-order valence-corrected chi connectivity index (χ3v) is 3.62. The van der Waals surface area contributed by atoms with Gasteiger partial charge in [-0.05, 0) is 30.3 Å².